The van der Waals surface area contributed by atoms with Crippen molar-refractivity contribution in [3.63, 3.8) is 0 Å². The predicted octanol–water partition coefficient (Wildman–Crippen LogP) is 4.32. The zero-order valence-electron chi connectivity index (χ0n) is 7.03. The highest BCUT2D eigenvalue weighted by atomic mass is 79.9. The molecule has 0 aromatic heterocycles. The lowest BCUT2D eigenvalue weighted by molar-refractivity contribution is 0.630. The van der Waals surface area contributed by atoms with Crippen molar-refractivity contribution in [3.05, 3.63) is 39.1 Å². The van der Waals surface area contributed by atoms with Crippen LogP contribution in [0.1, 0.15) is 0 Å². The van der Waals surface area contributed by atoms with Gasteiger partial charge in [0.2, 0.25) is 0 Å². The second-order valence-corrected chi connectivity index (χ2v) is 4.06. The van der Waals surface area contributed by atoms with Crippen LogP contribution in [-0.2, 0) is 0 Å². The van der Waals surface area contributed by atoms with Gasteiger partial charge in [0.05, 0.1) is 12.2 Å². The molecule has 0 saturated carbocycles. The van der Waals surface area contributed by atoms with Crippen LogP contribution in [0.4, 0.5) is 10.1 Å². The van der Waals surface area contributed by atoms with Gasteiger partial charge in [-0.2, -0.15) is 0 Å². The number of para-hydroxylation sites is 1. The average molecular weight is 299 g/mol. The summed E-state index contributed by atoms with van der Waals surface area (Å²) in [4.78, 5) is 0. The Balaban J connectivity index is 2.76. The van der Waals surface area contributed by atoms with Gasteiger partial charge in [0.15, 0.2) is 0 Å². The van der Waals surface area contributed by atoms with Crippen LogP contribution in [0.15, 0.2) is 33.2 Å². The van der Waals surface area contributed by atoms with E-state index in [4.69, 9.17) is 23.2 Å². The van der Waals surface area contributed by atoms with Gasteiger partial charge in [-0.1, -0.05) is 29.3 Å². The molecular formula is C9H7BrCl2FN. The van der Waals surface area contributed by atoms with E-state index >= 15 is 0 Å². The number of hydrogen-bond acceptors (Lipinski definition) is 1. The van der Waals surface area contributed by atoms with E-state index in [9.17, 15) is 4.39 Å². The van der Waals surface area contributed by atoms with E-state index in [0.717, 1.165) is 0 Å². The molecule has 0 saturated heterocycles. The van der Waals surface area contributed by atoms with Gasteiger partial charge in [0.1, 0.15) is 5.82 Å². The normalized spacial score (nSPS) is 11.6. The summed E-state index contributed by atoms with van der Waals surface area (Å²) in [5.41, 5.74) is 1.62. The zero-order valence-corrected chi connectivity index (χ0v) is 10.1. The van der Waals surface area contributed by atoms with Crippen LogP contribution in [0.25, 0.3) is 0 Å². The molecule has 1 aromatic rings. The van der Waals surface area contributed by atoms with Crippen molar-refractivity contribution in [2.24, 2.45) is 0 Å². The van der Waals surface area contributed by atoms with Crippen LogP contribution in [0.5, 0.6) is 0 Å². The molecule has 1 nitrogen and oxygen atoms in total. The fourth-order valence-electron chi connectivity index (χ4n) is 0.878. The van der Waals surface area contributed by atoms with Crippen molar-refractivity contribution in [1.29, 1.82) is 0 Å². The van der Waals surface area contributed by atoms with Gasteiger partial charge in [0.25, 0.3) is 0 Å². The summed E-state index contributed by atoms with van der Waals surface area (Å²) in [6.07, 6.45) is 0. The van der Waals surface area contributed by atoms with Crippen LogP contribution in [0.3, 0.4) is 0 Å². The van der Waals surface area contributed by atoms with Gasteiger partial charge < -0.3 is 5.32 Å². The number of nitrogens with one attached hydrogen (secondary N) is 1. The van der Waals surface area contributed by atoms with E-state index < -0.39 is 0 Å². The maximum absolute atomic E-state index is 13.2. The van der Waals surface area contributed by atoms with Gasteiger partial charge in [-0.25, -0.2) is 4.39 Å². The molecule has 14 heavy (non-hydrogen) atoms. The van der Waals surface area contributed by atoms with Crippen molar-refractivity contribution in [2.75, 3.05) is 11.9 Å². The molecule has 0 atom stereocenters. The second-order valence-electron chi connectivity index (χ2n) is 2.51. The van der Waals surface area contributed by atoms with Crippen molar-refractivity contribution in [2.45, 2.75) is 0 Å². The average Bonchev–Trinajstić information content (AvgIpc) is 2.16. The summed E-state index contributed by atoms with van der Waals surface area (Å²) in [5.74, 6) is -0.335. The van der Waals surface area contributed by atoms with Gasteiger partial charge in [-0.15, -0.1) is 0 Å². The summed E-state index contributed by atoms with van der Waals surface area (Å²) in [6.45, 7) is 0.296. The van der Waals surface area contributed by atoms with E-state index in [2.05, 4.69) is 21.2 Å². The number of benzene rings is 1. The molecule has 76 valence electrons. The molecule has 0 fully saturated rings. The lowest BCUT2D eigenvalue weighted by Crippen LogP contribution is -2.03. The quantitative estimate of drug-likeness (QED) is 0.876. The van der Waals surface area contributed by atoms with Crippen LogP contribution >= 0.6 is 39.1 Å². The SMILES string of the molecule is Fc1cccc(Br)c1NC/C(Cl)=C/Cl. The number of rotatable bonds is 3. The third kappa shape index (κ3) is 3.15. The van der Waals surface area contributed by atoms with Gasteiger partial charge >= 0.3 is 0 Å². The van der Waals surface area contributed by atoms with Gasteiger partial charge in [-0.05, 0) is 28.1 Å². The molecule has 0 radical (unpaired) electrons. The minimum Gasteiger partial charge on any atom is -0.377 e. The Morgan fingerprint density at radius 1 is 1.57 bits per heavy atom. The van der Waals surface area contributed by atoms with E-state index in [1.807, 2.05) is 0 Å². The first-order valence-electron chi connectivity index (χ1n) is 3.77. The van der Waals surface area contributed by atoms with Gasteiger partial charge in [-0.3, -0.25) is 0 Å². The smallest absolute Gasteiger partial charge is 0.147 e. The first-order chi connectivity index (χ1) is 6.65. The molecule has 5 heteroatoms. The van der Waals surface area contributed by atoms with Crippen LogP contribution < -0.4 is 5.32 Å². The fourth-order valence-corrected chi connectivity index (χ4v) is 1.50. The van der Waals surface area contributed by atoms with E-state index in [1.54, 1.807) is 12.1 Å². The highest BCUT2D eigenvalue weighted by Crippen LogP contribution is 2.25. The van der Waals surface area contributed by atoms with Crippen LogP contribution in [0, 0.1) is 5.82 Å². The van der Waals surface area contributed by atoms with Crippen LogP contribution in [0.2, 0.25) is 0 Å². The largest absolute Gasteiger partial charge is 0.377 e. The van der Waals surface area contributed by atoms with E-state index in [0.29, 0.717) is 21.7 Å². The maximum Gasteiger partial charge on any atom is 0.147 e. The molecule has 0 aliphatic rings. The molecule has 0 heterocycles. The molecule has 1 aromatic carbocycles. The molecule has 1 N–H and O–H groups in total. The summed E-state index contributed by atoms with van der Waals surface area (Å²) < 4.78 is 13.9. The molecule has 0 aliphatic heterocycles. The Morgan fingerprint density at radius 3 is 2.86 bits per heavy atom. The Labute approximate surface area is 100 Å². The Bertz CT molecular complexity index is 334. The molecular weight excluding hydrogens is 292 g/mol. The lowest BCUT2D eigenvalue weighted by atomic mass is 10.3. The van der Waals surface area contributed by atoms with Crippen molar-refractivity contribution in [3.8, 4) is 0 Å². The third-order valence-electron chi connectivity index (χ3n) is 1.52. The van der Waals surface area contributed by atoms with Crippen molar-refractivity contribution < 1.29 is 4.39 Å². The zero-order chi connectivity index (χ0) is 10.6. The summed E-state index contributed by atoms with van der Waals surface area (Å²) in [7, 11) is 0. The molecule has 0 unspecified atom stereocenters. The summed E-state index contributed by atoms with van der Waals surface area (Å²) >= 11 is 14.2. The van der Waals surface area contributed by atoms with E-state index in [1.165, 1.54) is 11.6 Å². The minimum absolute atomic E-state index is 0.296. The van der Waals surface area contributed by atoms with E-state index in [-0.39, 0.29) is 5.82 Å². The molecule has 0 amide bonds. The van der Waals surface area contributed by atoms with Crippen LogP contribution in [-0.4, -0.2) is 6.54 Å². The predicted molar refractivity (Wildman–Crippen MR) is 62.4 cm³/mol. The van der Waals surface area contributed by atoms with Crippen molar-refractivity contribution >= 4 is 44.8 Å². The first kappa shape index (κ1) is 11.8. The highest BCUT2D eigenvalue weighted by molar-refractivity contribution is 9.10. The second kappa shape index (κ2) is 5.59. The van der Waals surface area contributed by atoms with Gasteiger partial charge in [0, 0.05) is 15.0 Å². The lowest BCUT2D eigenvalue weighted by Gasteiger charge is -2.08. The Morgan fingerprint density at radius 2 is 2.29 bits per heavy atom. The number of anilines is 1. The van der Waals surface area contributed by atoms with Crippen molar-refractivity contribution in [1.82, 2.24) is 0 Å². The Kier molecular flexibility index (Phi) is 4.72. The maximum atomic E-state index is 13.2. The Hall–Kier alpha value is -0.250. The monoisotopic (exact) mass is 297 g/mol. The summed E-state index contributed by atoms with van der Waals surface area (Å²) in [5, 5.41) is 3.24. The fraction of sp³-hybridized carbons (Fsp3) is 0.111. The molecule has 0 bridgehead atoms. The number of hydrogen-bond donors (Lipinski definition) is 1. The topological polar surface area (TPSA) is 12.0 Å². The molecule has 1 rings (SSSR count). The molecule has 0 aliphatic carbocycles. The highest BCUT2D eigenvalue weighted by Gasteiger charge is 2.05. The minimum atomic E-state index is -0.335. The number of halogens is 4. The molecule has 0 spiro atoms. The third-order valence-corrected chi connectivity index (χ3v) is 2.79. The summed E-state index contributed by atoms with van der Waals surface area (Å²) in [6, 6.07) is 4.72. The first-order valence-corrected chi connectivity index (χ1v) is 5.38. The standard InChI is InChI=1S/C9H7BrCl2FN/c10-7-2-1-3-8(13)9(7)14-5-6(12)4-11/h1-4,14H,5H2/b6-4-.